The number of ether oxygens (including phenoxy) is 2. The number of nitrogen functional groups attached to an aromatic ring is 2. The van der Waals surface area contributed by atoms with Gasteiger partial charge in [0.1, 0.15) is 36.6 Å². The number of rotatable bonds is 16. The molecule has 6 rings (SSSR count). The molecule has 334 valence electrons. The Bertz CT molecular complexity index is 2600. The smallest absolute Gasteiger partial charge is 0.387 e. The van der Waals surface area contributed by atoms with Crippen LogP contribution in [0.15, 0.2) is 22.2 Å². The van der Waals surface area contributed by atoms with Crippen LogP contribution in [0.1, 0.15) is 26.3 Å². The SMILES string of the molecule is CC(C)OP(=O)(O)OC1C(COP(=O)(O)OP(=O)(O)OP(=O)(O)OC[C@H]2O[C@@H]([n+]3cn(C)c4c(=O)[nH]c(N)nc43)C(O)C2O)OC([n+]2cn(C)c3c(=O)[nH]c(N)nc32)C1O. The number of aryl methyl sites for hydroxylation is 2. The summed E-state index contributed by atoms with van der Waals surface area (Å²) in [6.45, 7) is 0.384. The first-order chi connectivity index (χ1) is 27.7. The third-order valence-corrected chi connectivity index (χ3v) is 14.0. The lowest BCUT2D eigenvalue weighted by Crippen LogP contribution is -2.46. The first-order valence-corrected chi connectivity index (χ1v) is 22.9. The predicted molar refractivity (Wildman–Crippen MR) is 192 cm³/mol. The number of nitrogens with two attached hydrogens (primary N) is 2. The number of anilines is 2. The minimum absolute atomic E-state index is 0.00787. The average Bonchev–Trinajstić information content (AvgIpc) is 3.78. The first-order valence-electron chi connectivity index (χ1n) is 16.9. The van der Waals surface area contributed by atoms with Crippen molar-refractivity contribution in [1.82, 2.24) is 29.1 Å². The topological polar surface area (TPSA) is 445 Å². The molecule has 0 amide bonds. The Hall–Kier alpha value is -3.38. The highest BCUT2D eigenvalue weighted by Gasteiger charge is 2.53. The van der Waals surface area contributed by atoms with Crippen molar-refractivity contribution in [3.63, 3.8) is 0 Å². The maximum atomic E-state index is 12.9. The first kappa shape index (κ1) is 46.1. The zero-order valence-corrected chi connectivity index (χ0v) is 34.8. The van der Waals surface area contributed by atoms with Gasteiger partial charge in [0.25, 0.3) is 23.0 Å². The van der Waals surface area contributed by atoms with Crippen molar-refractivity contribution in [1.29, 1.82) is 0 Å². The van der Waals surface area contributed by atoms with Crippen molar-refractivity contribution < 1.29 is 98.5 Å². The lowest BCUT2D eigenvalue weighted by atomic mass is 10.1. The molecule has 0 aliphatic carbocycles. The van der Waals surface area contributed by atoms with Crippen LogP contribution in [0.3, 0.4) is 0 Å². The van der Waals surface area contributed by atoms with Crippen LogP contribution in [-0.2, 0) is 68.5 Å². The molecule has 2 fully saturated rings. The third kappa shape index (κ3) is 9.79. The number of aromatic nitrogens is 8. The van der Waals surface area contributed by atoms with Gasteiger partial charge in [0.05, 0.1) is 33.4 Å². The van der Waals surface area contributed by atoms with Crippen molar-refractivity contribution in [3.8, 4) is 0 Å². The summed E-state index contributed by atoms with van der Waals surface area (Å²) in [4.78, 5) is 78.5. The number of imidazole rings is 2. The lowest BCUT2D eigenvalue weighted by Gasteiger charge is -2.24. The predicted octanol–water partition coefficient (Wildman–Crippen LogP) is -3.57. The summed E-state index contributed by atoms with van der Waals surface area (Å²) in [5.41, 5.74) is 9.63. The quantitative estimate of drug-likeness (QED) is 0.0382. The van der Waals surface area contributed by atoms with E-state index in [2.05, 4.69) is 33.1 Å². The molecule has 6 heterocycles. The van der Waals surface area contributed by atoms with Crippen LogP contribution < -0.4 is 31.7 Å². The van der Waals surface area contributed by atoms with E-state index in [1.165, 1.54) is 49.7 Å². The summed E-state index contributed by atoms with van der Waals surface area (Å²) in [7, 11) is -19.9. The van der Waals surface area contributed by atoms with Gasteiger partial charge in [-0.1, -0.05) is 9.97 Å². The third-order valence-electron chi connectivity index (χ3n) is 8.59. The molecule has 60 heavy (non-hydrogen) atoms. The molecule has 10 unspecified atom stereocenters. The van der Waals surface area contributed by atoms with Gasteiger partial charge in [0, 0.05) is 0 Å². The highest BCUT2D eigenvalue weighted by molar-refractivity contribution is 7.66. The molecule has 31 nitrogen and oxygen atoms in total. The van der Waals surface area contributed by atoms with Crippen LogP contribution in [0.2, 0.25) is 0 Å². The summed E-state index contributed by atoms with van der Waals surface area (Å²) < 4.78 is 94.6. The molecule has 4 aromatic heterocycles. The number of nitrogens with zero attached hydrogens (tertiary/aromatic N) is 6. The molecule has 12 atom stereocenters. The van der Waals surface area contributed by atoms with Crippen molar-refractivity contribution in [3.05, 3.63) is 33.4 Å². The maximum Gasteiger partial charge on any atom is 0.490 e. The fourth-order valence-corrected chi connectivity index (χ4v) is 11.0. The summed E-state index contributed by atoms with van der Waals surface area (Å²) >= 11 is 0. The molecule has 0 radical (unpaired) electrons. The summed E-state index contributed by atoms with van der Waals surface area (Å²) in [6.07, 6.45) is -12.5. The molecular formula is C25H40N10O21P4+2. The van der Waals surface area contributed by atoms with Gasteiger partial charge in [-0.25, -0.2) is 27.4 Å². The summed E-state index contributed by atoms with van der Waals surface area (Å²) in [6, 6.07) is 0. The molecule has 0 saturated carbocycles. The Morgan fingerprint density at radius 1 is 0.733 bits per heavy atom. The molecule has 2 saturated heterocycles. The molecule has 13 N–H and O–H groups in total. The molecule has 0 aromatic carbocycles. The highest BCUT2D eigenvalue weighted by atomic mass is 31.3. The van der Waals surface area contributed by atoms with E-state index in [9.17, 15) is 62.7 Å². The molecule has 2 aliphatic rings. The average molecular weight is 941 g/mol. The van der Waals surface area contributed by atoms with Crippen LogP contribution in [0.5, 0.6) is 0 Å². The molecular weight excluding hydrogens is 900 g/mol. The number of aliphatic hydroxyl groups excluding tert-OH is 3. The Kier molecular flexibility index (Phi) is 12.9. The number of H-pyrrole nitrogens is 2. The number of phosphoric ester groups is 3. The molecule has 0 spiro atoms. The van der Waals surface area contributed by atoms with Crippen molar-refractivity contribution in [2.45, 2.75) is 69.0 Å². The van der Waals surface area contributed by atoms with E-state index in [0.717, 1.165) is 9.13 Å². The minimum atomic E-state index is -6.12. The number of fused-ring (bicyclic) bond motifs is 2. The van der Waals surface area contributed by atoms with E-state index in [-0.39, 0.29) is 34.2 Å². The second-order valence-corrected chi connectivity index (χ2v) is 19.5. The van der Waals surface area contributed by atoms with Gasteiger partial charge in [0.2, 0.25) is 23.5 Å². The van der Waals surface area contributed by atoms with Crippen LogP contribution in [0.25, 0.3) is 22.3 Å². The van der Waals surface area contributed by atoms with Gasteiger partial charge in [0.15, 0.2) is 12.7 Å². The van der Waals surface area contributed by atoms with Gasteiger partial charge < -0.3 is 55.8 Å². The van der Waals surface area contributed by atoms with E-state index in [1.807, 2.05) is 0 Å². The standard InChI is InChI=1S/C25H38N10O21P4/c1-9(2)53-59(45,46)54-17-11(52-23(16(17)38)35-8-33(4)13-19(35)29-25(27)31-21(13)40)6-50-58(43,44)56-60(47,48)55-57(41,42)49-5-10-14(36)15(37)22(51-10)34-7-32(3)12-18(34)28-24(26)30-20(12)39/h7-11,14-17,22-23,36-38H,5-6H2,1-4H3,(H8-2,26,27,28,29,30,31,39,40,41,42,43,44,45,46,47,48)/p+2/t10-,11?,14?,15?,16?,17?,22-,23?/m1/s1. The van der Waals surface area contributed by atoms with Crippen LogP contribution in [-0.4, -0.2) is 120 Å². The van der Waals surface area contributed by atoms with Crippen LogP contribution in [0.4, 0.5) is 11.9 Å². The van der Waals surface area contributed by atoms with Crippen molar-refractivity contribution in [2.75, 3.05) is 24.7 Å². The molecule has 35 heteroatoms. The Labute approximate surface area is 334 Å². The van der Waals surface area contributed by atoms with Crippen molar-refractivity contribution in [2.24, 2.45) is 14.1 Å². The van der Waals surface area contributed by atoms with Gasteiger partial charge in [-0.3, -0.25) is 46.8 Å². The Morgan fingerprint density at radius 3 is 1.63 bits per heavy atom. The molecule has 0 bridgehead atoms. The summed E-state index contributed by atoms with van der Waals surface area (Å²) in [5.74, 6) is -0.642. The second kappa shape index (κ2) is 16.7. The number of phosphoric acid groups is 4. The second-order valence-electron chi connectivity index (χ2n) is 13.5. The van der Waals surface area contributed by atoms with Gasteiger partial charge >= 0.3 is 42.6 Å². The van der Waals surface area contributed by atoms with Gasteiger partial charge in [-0.2, -0.15) is 8.62 Å². The fraction of sp³-hybridized carbons (Fsp3) is 0.600. The van der Waals surface area contributed by atoms with Gasteiger partial charge in [-0.15, -0.1) is 0 Å². The summed E-state index contributed by atoms with van der Waals surface area (Å²) in [5, 5.41) is 32.5. The number of hydrogen-bond acceptors (Lipinski definition) is 21. The number of nitrogens with one attached hydrogen (secondary N) is 2. The van der Waals surface area contributed by atoms with Crippen LogP contribution in [0, 0.1) is 0 Å². The van der Waals surface area contributed by atoms with E-state index in [0.29, 0.717) is 0 Å². The minimum Gasteiger partial charge on any atom is -0.387 e. The molecule has 2 aliphatic heterocycles. The van der Waals surface area contributed by atoms with Crippen LogP contribution >= 0.6 is 31.3 Å². The Balaban J connectivity index is 1.12. The van der Waals surface area contributed by atoms with Crippen molar-refractivity contribution >= 4 is 65.5 Å². The van der Waals surface area contributed by atoms with E-state index in [4.69, 9.17) is 34.5 Å². The monoisotopic (exact) mass is 940 g/mol. The van der Waals surface area contributed by atoms with Gasteiger partial charge in [-0.05, 0) is 13.8 Å². The number of hydrogen-bond donors (Lipinski definition) is 11. The number of aromatic amines is 2. The van der Waals surface area contributed by atoms with E-state index < -0.39 is 111 Å². The zero-order chi connectivity index (χ0) is 44.4. The number of aliphatic hydroxyl groups is 3. The van der Waals surface area contributed by atoms with E-state index >= 15 is 0 Å². The van der Waals surface area contributed by atoms with E-state index in [1.54, 1.807) is 0 Å². The maximum absolute atomic E-state index is 12.9. The molecule has 4 aromatic rings. The fourth-order valence-electron chi connectivity index (χ4n) is 6.32. The normalized spacial score (nSPS) is 28.9. The Morgan fingerprint density at radius 2 is 1.17 bits per heavy atom. The zero-order valence-electron chi connectivity index (χ0n) is 31.2. The lowest BCUT2D eigenvalue weighted by molar-refractivity contribution is -0.746. The highest BCUT2D eigenvalue weighted by Crippen LogP contribution is 2.68. The largest absolute Gasteiger partial charge is 0.490 e.